The van der Waals surface area contributed by atoms with Crippen molar-refractivity contribution in [1.82, 2.24) is 15.1 Å². The highest BCUT2D eigenvalue weighted by Gasteiger charge is 2.30. The summed E-state index contributed by atoms with van der Waals surface area (Å²) in [6.45, 7) is 11.1. The molecule has 8 heteroatoms. The van der Waals surface area contributed by atoms with Crippen LogP contribution in [0.25, 0.3) is 0 Å². The van der Waals surface area contributed by atoms with Gasteiger partial charge in [-0.05, 0) is 32.4 Å². The smallest absolute Gasteiger partial charge is 0.194 e. The predicted molar refractivity (Wildman–Crippen MR) is 120 cm³/mol. The van der Waals surface area contributed by atoms with Crippen molar-refractivity contribution in [1.29, 1.82) is 0 Å². The zero-order valence-electron chi connectivity index (χ0n) is 16.8. The van der Waals surface area contributed by atoms with Gasteiger partial charge in [0, 0.05) is 44.8 Å². The van der Waals surface area contributed by atoms with E-state index < -0.39 is 0 Å². The van der Waals surface area contributed by atoms with Gasteiger partial charge in [0.05, 0.1) is 19.8 Å². The van der Waals surface area contributed by atoms with Gasteiger partial charge < -0.3 is 19.7 Å². The topological polar surface area (TPSA) is 49.3 Å². The number of morpholine rings is 1. The summed E-state index contributed by atoms with van der Waals surface area (Å²) in [7, 11) is 0. The molecule has 2 aliphatic heterocycles. The van der Waals surface area contributed by atoms with Crippen LogP contribution in [0.1, 0.15) is 20.3 Å². The van der Waals surface area contributed by atoms with Crippen LogP contribution in [0.5, 0.6) is 5.75 Å². The average molecular weight is 506 g/mol. The van der Waals surface area contributed by atoms with Gasteiger partial charge in [-0.15, -0.1) is 24.0 Å². The van der Waals surface area contributed by atoms with E-state index in [0.717, 1.165) is 58.3 Å². The van der Waals surface area contributed by atoms with E-state index in [9.17, 15) is 4.39 Å². The molecule has 2 unspecified atom stereocenters. The van der Waals surface area contributed by atoms with E-state index in [-0.39, 0.29) is 35.9 Å². The molecule has 0 aliphatic carbocycles. The van der Waals surface area contributed by atoms with Crippen LogP contribution in [0.2, 0.25) is 0 Å². The molecule has 0 saturated carbocycles. The molecular formula is C20H32FIN4O2. The normalized spacial score (nSPS) is 21.9. The van der Waals surface area contributed by atoms with Crippen LogP contribution in [0.15, 0.2) is 29.3 Å². The largest absolute Gasteiger partial charge is 0.489 e. The van der Waals surface area contributed by atoms with E-state index in [1.807, 2.05) is 6.92 Å². The fourth-order valence-corrected chi connectivity index (χ4v) is 3.63. The van der Waals surface area contributed by atoms with Gasteiger partial charge in [0.2, 0.25) is 0 Å². The Kier molecular flexibility index (Phi) is 9.73. The summed E-state index contributed by atoms with van der Waals surface area (Å²) < 4.78 is 24.5. The Morgan fingerprint density at radius 3 is 2.86 bits per heavy atom. The maximum absolute atomic E-state index is 13.3. The van der Waals surface area contributed by atoms with Gasteiger partial charge in [0.15, 0.2) is 5.96 Å². The first-order valence-corrected chi connectivity index (χ1v) is 9.93. The van der Waals surface area contributed by atoms with Gasteiger partial charge in [-0.1, -0.05) is 6.07 Å². The van der Waals surface area contributed by atoms with Crippen molar-refractivity contribution in [2.24, 2.45) is 4.99 Å². The minimum absolute atomic E-state index is 0. The monoisotopic (exact) mass is 506 g/mol. The lowest BCUT2D eigenvalue weighted by atomic mass is 10.2. The summed E-state index contributed by atoms with van der Waals surface area (Å²) in [5.41, 5.74) is 0. The van der Waals surface area contributed by atoms with Crippen molar-refractivity contribution in [3.63, 3.8) is 0 Å². The third kappa shape index (κ3) is 6.73. The number of aliphatic imine (C=N–C) groups is 1. The summed E-state index contributed by atoms with van der Waals surface area (Å²) in [6, 6.07) is 6.80. The lowest BCUT2D eigenvalue weighted by Gasteiger charge is -2.32. The second-order valence-electron chi connectivity index (χ2n) is 7.12. The summed E-state index contributed by atoms with van der Waals surface area (Å²) >= 11 is 0. The van der Waals surface area contributed by atoms with Crippen LogP contribution in [0.3, 0.4) is 0 Å². The number of hydrogen-bond donors (Lipinski definition) is 1. The van der Waals surface area contributed by atoms with Gasteiger partial charge in [0.25, 0.3) is 0 Å². The maximum Gasteiger partial charge on any atom is 0.194 e. The fraction of sp³-hybridized carbons (Fsp3) is 0.650. The Morgan fingerprint density at radius 2 is 2.14 bits per heavy atom. The summed E-state index contributed by atoms with van der Waals surface area (Å²) in [4.78, 5) is 9.63. The van der Waals surface area contributed by atoms with E-state index in [1.165, 1.54) is 12.1 Å². The van der Waals surface area contributed by atoms with Crippen LogP contribution < -0.4 is 10.1 Å². The van der Waals surface area contributed by atoms with Crippen molar-refractivity contribution >= 4 is 29.9 Å². The van der Waals surface area contributed by atoms with Crippen LogP contribution in [0.4, 0.5) is 4.39 Å². The molecule has 0 bridgehead atoms. The molecule has 0 radical (unpaired) electrons. The second-order valence-corrected chi connectivity index (χ2v) is 7.12. The van der Waals surface area contributed by atoms with Gasteiger partial charge in [-0.2, -0.15) is 0 Å². The van der Waals surface area contributed by atoms with Crippen LogP contribution in [0, 0.1) is 5.82 Å². The Balaban J connectivity index is 0.00000280. The fourth-order valence-electron chi connectivity index (χ4n) is 3.63. The third-order valence-corrected chi connectivity index (χ3v) is 4.99. The highest BCUT2D eigenvalue weighted by Crippen LogP contribution is 2.17. The zero-order valence-corrected chi connectivity index (χ0v) is 19.1. The molecule has 1 N–H and O–H groups in total. The van der Waals surface area contributed by atoms with E-state index in [1.54, 1.807) is 12.1 Å². The van der Waals surface area contributed by atoms with Crippen molar-refractivity contribution in [3.05, 3.63) is 30.1 Å². The van der Waals surface area contributed by atoms with Gasteiger partial charge in [-0.25, -0.2) is 9.38 Å². The molecule has 2 fully saturated rings. The number of nitrogens with one attached hydrogen (secondary N) is 1. The van der Waals surface area contributed by atoms with E-state index in [2.05, 4.69) is 22.0 Å². The highest BCUT2D eigenvalue weighted by atomic mass is 127. The number of ether oxygens (including phenoxy) is 2. The maximum atomic E-state index is 13.3. The third-order valence-electron chi connectivity index (χ3n) is 4.99. The number of rotatable bonds is 6. The lowest BCUT2D eigenvalue weighted by molar-refractivity contribution is 0.0195. The van der Waals surface area contributed by atoms with E-state index >= 15 is 0 Å². The molecule has 0 aromatic heterocycles. The van der Waals surface area contributed by atoms with Crippen molar-refractivity contribution in [3.8, 4) is 5.75 Å². The molecule has 2 saturated heterocycles. The first-order valence-electron chi connectivity index (χ1n) is 9.93. The van der Waals surface area contributed by atoms with Crippen LogP contribution >= 0.6 is 24.0 Å². The molecule has 2 aliphatic rings. The first kappa shape index (κ1) is 23.2. The number of guanidine groups is 1. The molecule has 158 valence electrons. The summed E-state index contributed by atoms with van der Waals surface area (Å²) in [5.74, 6) is 1.18. The van der Waals surface area contributed by atoms with E-state index in [4.69, 9.17) is 14.5 Å². The zero-order chi connectivity index (χ0) is 19.1. The van der Waals surface area contributed by atoms with Crippen molar-refractivity contribution < 1.29 is 13.9 Å². The van der Waals surface area contributed by atoms with Crippen molar-refractivity contribution in [2.45, 2.75) is 32.4 Å². The molecule has 6 nitrogen and oxygen atoms in total. The Bertz CT molecular complexity index is 628. The standard InChI is InChI=1S/C20H31FN4O2.HI/c1-3-22-20(23-14-16(2)27-19-6-4-5-17(21)13-19)25-8-7-18(15-25)24-9-11-26-12-10-24;/h4-6,13,16,18H,3,7-12,14-15H2,1-2H3,(H,22,23);1H. The molecule has 28 heavy (non-hydrogen) atoms. The quantitative estimate of drug-likeness (QED) is 0.365. The molecule has 3 rings (SSSR count). The SMILES string of the molecule is CCNC(=NCC(C)Oc1cccc(F)c1)N1CCC(N2CCOCC2)C1.I. The van der Waals surface area contributed by atoms with Crippen molar-refractivity contribution in [2.75, 3.05) is 52.5 Å². The summed E-state index contributed by atoms with van der Waals surface area (Å²) in [6.07, 6.45) is 1.03. The lowest BCUT2D eigenvalue weighted by Crippen LogP contribution is -2.46. The first-order chi connectivity index (χ1) is 13.2. The molecule has 0 spiro atoms. The summed E-state index contributed by atoms with van der Waals surface area (Å²) in [5, 5.41) is 3.39. The molecule has 1 aromatic carbocycles. The molecular weight excluding hydrogens is 474 g/mol. The number of halogens is 2. The Morgan fingerprint density at radius 1 is 1.36 bits per heavy atom. The molecule has 0 amide bonds. The van der Waals surface area contributed by atoms with Crippen LogP contribution in [-0.4, -0.2) is 80.4 Å². The molecule has 2 heterocycles. The van der Waals surface area contributed by atoms with Gasteiger partial charge in [0.1, 0.15) is 17.7 Å². The van der Waals surface area contributed by atoms with Crippen LogP contribution in [-0.2, 0) is 4.74 Å². The number of likely N-dealkylation sites (tertiary alicyclic amines) is 1. The van der Waals surface area contributed by atoms with E-state index in [0.29, 0.717) is 18.3 Å². The molecule has 2 atom stereocenters. The average Bonchev–Trinajstić information content (AvgIpc) is 3.16. The van der Waals surface area contributed by atoms with Gasteiger partial charge >= 0.3 is 0 Å². The second kappa shape index (κ2) is 11.8. The highest BCUT2D eigenvalue weighted by molar-refractivity contribution is 14.0. The number of nitrogens with zero attached hydrogens (tertiary/aromatic N) is 3. The number of hydrogen-bond acceptors (Lipinski definition) is 4. The minimum Gasteiger partial charge on any atom is -0.489 e. The minimum atomic E-state index is -0.289. The Hall–Kier alpha value is -1.13. The van der Waals surface area contributed by atoms with Gasteiger partial charge in [-0.3, -0.25) is 4.90 Å². The Labute approximate surface area is 184 Å². The number of benzene rings is 1. The molecule has 1 aromatic rings. The predicted octanol–water partition coefficient (Wildman–Crippen LogP) is 2.58.